The van der Waals surface area contributed by atoms with Gasteiger partial charge in [-0.25, -0.2) is 0 Å². The third-order valence-corrected chi connectivity index (χ3v) is 20.0. The van der Waals surface area contributed by atoms with Crippen molar-refractivity contribution in [1.82, 2.24) is 18.7 Å². The van der Waals surface area contributed by atoms with Gasteiger partial charge in [-0.15, -0.1) is 0 Å². The van der Waals surface area contributed by atoms with Crippen molar-refractivity contribution >= 4 is 44.6 Å². The summed E-state index contributed by atoms with van der Waals surface area (Å²) in [5, 5.41) is 2.30. The summed E-state index contributed by atoms with van der Waals surface area (Å²) < 4.78 is 15.4. The van der Waals surface area contributed by atoms with Crippen LogP contribution in [0, 0.1) is 3.80 Å². The first kappa shape index (κ1) is 54.1. The number of pyridine rings is 1. The molecule has 0 N–H and O–H groups in total. The van der Waals surface area contributed by atoms with Crippen LogP contribution in [0.1, 0.15) is 101 Å². The van der Waals surface area contributed by atoms with Crippen molar-refractivity contribution in [3.8, 4) is 62.1 Å². The molecule has 13 aromatic rings. The zero-order valence-corrected chi connectivity index (χ0v) is 53.0. The van der Waals surface area contributed by atoms with E-state index >= 15 is 0 Å². The molecule has 0 fully saturated rings. The van der Waals surface area contributed by atoms with Gasteiger partial charge in [0.25, 0.3) is 0 Å². The molecule has 15 rings (SSSR count). The maximum atomic E-state index is 7.09. The third kappa shape index (κ3) is 8.61. The van der Waals surface area contributed by atoms with Crippen molar-refractivity contribution in [2.24, 2.45) is 0 Å². The van der Waals surface area contributed by atoms with Gasteiger partial charge < -0.3 is 0 Å². The normalized spacial score (nSPS) is 13.5. The van der Waals surface area contributed by atoms with E-state index in [0.717, 1.165) is 59.9 Å². The van der Waals surface area contributed by atoms with Crippen LogP contribution in [-0.4, -0.2) is 18.7 Å². The van der Waals surface area contributed by atoms with Gasteiger partial charge >= 0.3 is 371 Å². The van der Waals surface area contributed by atoms with Crippen LogP contribution in [0.4, 0.5) is 0 Å². The number of aromatic nitrogens is 4. The minimum absolute atomic E-state index is 0.0681. The Morgan fingerprint density at radius 1 is 0.395 bits per heavy atom. The van der Waals surface area contributed by atoms with E-state index in [4.69, 9.17) is 9.72 Å². The second-order valence-electron chi connectivity index (χ2n) is 26.3. The monoisotopic (exact) mass is 1310 g/mol. The van der Waals surface area contributed by atoms with E-state index in [1.54, 1.807) is 0 Å². The van der Waals surface area contributed by atoms with Gasteiger partial charge in [0.1, 0.15) is 0 Å². The second kappa shape index (κ2) is 20.0. The predicted molar refractivity (Wildman–Crippen MR) is 353 cm³/mol. The van der Waals surface area contributed by atoms with Crippen molar-refractivity contribution in [1.29, 1.82) is 0 Å². The van der Waals surface area contributed by atoms with Crippen LogP contribution < -0.4 is 4.74 Å². The number of rotatable bonds is 7. The molecule has 0 amide bonds. The molecule has 0 radical (unpaired) electrons. The van der Waals surface area contributed by atoms with Crippen molar-refractivity contribution < 1.29 is 24.1 Å². The summed E-state index contributed by atoms with van der Waals surface area (Å²) in [6.07, 6.45) is 1.89. The summed E-state index contributed by atoms with van der Waals surface area (Å²) in [7, 11) is 0. The summed E-state index contributed by atoms with van der Waals surface area (Å²) >= 11 is 4.45. The van der Waals surface area contributed by atoms with Gasteiger partial charge in [-0.05, 0) is 51.6 Å². The second-order valence-corrected chi connectivity index (χ2v) is 28.4. The quantitative estimate of drug-likeness (QED) is 0.160. The van der Waals surface area contributed by atoms with E-state index in [1.165, 1.54) is 87.5 Å². The molecule has 424 valence electrons. The molecule has 0 bridgehead atoms. The average molecular weight is 1310 g/mol. The topological polar surface area (TPSA) is 36.9 Å². The Bertz CT molecular complexity index is 4890. The number of ether oxygens (including phenoxy) is 1. The number of imidazole rings is 1. The Balaban J connectivity index is 0.900. The van der Waals surface area contributed by atoms with Gasteiger partial charge in [0.05, 0.1) is 5.41 Å². The van der Waals surface area contributed by atoms with Crippen LogP contribution >= 0.6 is 11.8 Å². The molecule has 2 aliphatic rings. The Morgan fingerprint density at radius 3 is 1.63 bits per heavy atom. The van der Waals surface area contributed by atoms with Crippen LogP contribution in [0.3, 0.4) is 0 Å². The van der Waals surface area contributed by atoms with E-state index in [9.17, 15) is 0 Å². The Hall–Kier alpha value is -8.54. The Labute approximate surface area is 519 Å². The molecular weight excluding hydrogens is 1250 g/mol. The first-order valence-corrected chi connectivity index (χ1v) is 31.8. The Kier molecular flexibility index (Phi) is 12.6. The number of hydrogen-bond acceptors (Lipinski definition) is 3. The first-order chi connectivity index (χ1) is 41.4. The molecule has 1 spiro atoms. The third-order valence-electron chi connectivity index (χ3n) is 17.9. The van der Waals surface area contributed by atoms with Crippen LogP contribution in [0.25, 0.3) is 83.4 Å². The standard InChI is InChI=1S/C79H66N4OS.Pt/c1-76(2,3)52-40-51(41-53(42-52)77(4,5)6)61-44-54(78(7,8)9)43-60(50-24-11-10-12-25-50)75(61)82-49-81(68-32-17-18-33-69(68)82)55-26-23-27-56(45-55)84-57-37-38-59-63-47-62-58-28-13-14-29-64(58)79(65-30-15-19-34-72(65)85-73-35-20-16-31-66(73)79)67(62)48-71(63)83(70(59)46-57)74-36-21-22-39-80-74;/h10-48H,1-9H3;. The fourth-order valence-electron chi connectivity index (χ4n) is 13.5. The van der Waals surface area contributed by atoms with Crippen molar-refractivity contribution in [3.63, 3.8) is 0 Å². The molecular formula is C79H66N4OPtS. The molecule has 10 aromatic carbocycles. The molecule has 5 nitrogen and oxygen atoms in total. The summed E-state index contributed by atoms with van der Waals surface area (Å²) in [6.45, 7) is 21.0. The molecule has 4 heterocycles. The van der Waals surface area contributed by atoms with Crippen LogP contribution in [0.5, 0.6) is 11.5 Å². The van der Waals surface area contributed by atoms with Gasteiger partial charge in [-0.3, -0.25) is 0 Å². The molecule has 7 heteroatoms. The van der Waals surface area contributed by atoms with Crippen LogP contribution in [0.2, 0.25) is 0 Å². The fourth-order valence-corrected chi connectivity index (χ4v) is 15.8. The molecule has 0 saturated heterocycles. The Morgan fingerprint density at radius 2 is 0.965 bits per heavy atom. The van der Waals surface area contributed by atoms with Crippen LogP contribution in [-0.2, 0) is 41.0 Å². The molecule has 0 atom stereocenters. The molecule has 1 aliphatic carbocycles. The number of benzene rings is 10. The van der Waals surface area contributed by atoms with Gasteiger partial charge in [0.2, 0.25) is 0 Å². The summed E-state index contributed by atoms with van der Waals surface area (Å²) in [5.74, 6) is 2.32. The summed E-state index contributed by atoms with van der Waals surface area (Å²) in [4.78, 5) is 7.62. The number of fused-ring (bicyclic) bond motifs is 13. The van der Waals surface area contributed by atoms with Crippen LogP contribution in [0.15, 0.2) is 247 Å². The van der Waals surface area contributed by atoms with Crippen molar-refractivity contribution in [2.75, 3.05) is 0 Å². The SMILES string of the molecule is CC(C)(C)c1cc(-c2cc(C(C)(C)C)cc(-c3ccccc3)c2-n2[c](=[Pt])n(-c3cccc(Oc4ccc5c6cc7c(cc6n(-c6ccccn6)c5c4)C4(c5ccccc5Sc5ccccc54)c4ccccc4-7)c3)c3ccccc32)cc(C(C)(C)C)c1. The number of hydrogen-bond donors (Lipinski definition) is 0. The van der Waals surface area contributed by atoms with Gasteiger partial charge in [0.15, 0.2) is 0 Å². The van der Waals surface area contributed by atoms with Gasteiger partial charge in [0, 0.05) is 16.0 Å². The maximum absolute atomic E-state index is 7.09. The zero-order valence-electron chi connectivity index (χ0n) is 49.9. The van der Waals surface area contributed by atoms with E-state index in [-0.39, 0.29) is 16.2 Å². The van der Waals surface area contributed by atoms with Crippen molar-refractivity contribution in [2.45, 2.75) is 93.8 Å². The zero-order chi connectivity index (χ0) is 59.0. The average Bonchev–Trinajstić information content (AvgIpc) is 1.51. The minimum atomic E-state index is -0.511. The number of nitrogens with zero attached hydrogens (tertiary/aromatic N) is 4. The molecule has 86 heavy (non-hydrogen) atoms. The van der Waals surface area contributed by atoms with E-state index in [0.29, 0.717) is 0 Å². The fraction of sp³-hybridized carbons (Fsp3) is 0.165. The van der Waals surface area contributed by atoms with Gasteiger partial charge in [-0.1, -0.05) is 78.5 Å². The molecule has 3 aromatic heterocycles. The first-order valence-electron chi connectivity index (χ1n) is 29.8. The van der Waals surface area contributed by atoms with E-state index in [1.807, 2.05) is 24.0 Å². The van der Waals surface area contributed by atoms with E-state index in [2.05, 4.69) is 320 Å². The van der Waals surface area contributed by atoms with E-state index < -0.39 is 5.41 Å². The summed E-state index contributed by atoms with van der Waals surface area (Å²) in [5.41, 5.74) is 22.2. The number of para-hydroxylation sites is 2. The summed E-state index contributed by atoms with van der Waals surface area (Å²) in [6, 6.07) is 85.3. The van der Waals surface area contributed by atoms with Gasteiger partial charge in [-0.2, -0.15) is 0 Å². The molecule has 0 saturated carbocycles. The molecule has 0 unspecified atom stereocenters. The predicted octanol–water partition coefficient (Wildman–Crippen LogP) is 20.8. The molecule has 1 aliphatic heterocycles. The van der Waals surface area contributed by atoms with Crippen molar-refractivity contribution in [3.05, 3.63) is 279 Å².